The predicted molar refractivity (Wildman–Crippen MR) is 142 cm³/mol. The minimum absolute atomic E-state index is 0.115. The van der Waals surface area contributed by atoms with Crippen molar-refractivity contribution in [1.82, 2.24) is 0 Å². The number of carbonyl (C=O) groups excluding carboxylic acids is 1. The van der Waals surface area contributed by atoms with Crippen molar-refractivity contribution in [2.24, 2.45) is 0 Å². The normalized spacial score (nSPS) is 13.0. The Kier molecular flexibility index (Phi) is 6.67. The molecule has 2 aromatic heterocycles. The SMILES string of the molecule is CC(C)(c1ccccc1)c1ccc(OCc2ccc(C(=O)Nc3sc4c(c3C#N)CCCC4)o2)cc1. The Hall–Kier alpha value is -3.82. The summed E-state index contributed by atoms with van der Waals surface area (Å²) in [6, 6.07) is 24.2. The molecule has 1 N–H and O–H groups in total. The molecule has 0 saturated heterocycles. The molecule has 1 aliphatic rings. The van der Waals surface area contributed by atoms with Crippen LogP contribution < -0.4 is 10.1 Å². The van der Waals surface area contributed by atoms with Crippen LogP contribution in [0.3, 0.4) is 0 Å². The Morgan fingerprint density at radius 3 is 2.50 bits per heavy atom. The first-order valence-electron chi connectivity index (χ1n) is 12.2. The van der Waals surface area contributed by atoms with Crippen LogP contribution in [0.15, 0.2) is 71.1 Å². The van der Waals surface area contributed by atoms with Crippen molar-refractivity contribution in [1.29, 1.82) is 5.26 Å². The van der Waals surface area contributed by atoms with E-state index < -0.39 is 0 Å². The van der Waals surface area contributed by atoms with Gasteiger partial charge in [0.05, 0.1) is 5.56 Å². The van der Waals surface area contributed by atoms with Gasteiger partial charge in [0.25, 0.3) is 5.91 Å². The highest BCUT2D eigenvalue weighted by molar-refractivity contribution is 7.16. The molecular formula is C30H28N2O3S. The second-order valence-corrected chi connectivity index (χ2v) is 10.7. The molecule has 0 atom stereocenters. The third-order valence-electron chi connectivity index (χ3n) is 6.85. The molecule has 1 aliphatic carbocycles. The zero-order chi connectivity index (χ0) is 25.1. The number of fused-ring (bicyclic) bond motifs is 1. The molecule has 1 amide bonds. The van der Waals surface area contributed by atoms with Crippen LogP contribution in [-0.4, -0.2) is 5.91 Å². The molecule has 5 rings (SSSR count). The molecule has 2 heterocycles. The zero-order valence-electron chi connectivity index (χ0n) is 20.5. The van der Waals surface area contributed by atoms with E-state index in [9.17, 15) is 10.1 Å². The van der Waals surface area contributed by atoms with Crippen LogP contribution in [0, 0.1) is 11.3 Å². The summed E-state index contributed by atoms with van der Waals surface area (Å²) in [6.07, 6.45) is 4.08. The van der Waals surface area contributed by atoms with E-state index in [1.807, 2.05) is 18.2 Å². The quantitative estimate of drug-likeness (QED) is 0.292. The van der Waals surface area contributed by atoms with Gasteiger partial charge in [-0.05, 0) is 66.6 Å². The van der Waals surface area contributed by atoms with Crippen LogP contribution in [-0.2, 0) is 24.9 Å². The van der Waals surface area contributed by atoms with Crippen molar-refractivity contribution in [2.75, 3.05) is 5.32 Å². The molecule has 4 aromatic rings. The number of carbonyl (C=O) groups is 1. The fraction of sp³-hybridized carbons (Fsp3) is 0.267. The van der Waals surface area contributed by atoms with E-state index in [-0.39, 0.29) is 23.7 Å². The first-order valence-corrected chi connectivity index (χ1v) is 13.0. The maximum Gasteiger partial charge on any atom is 0.292 e. The van der Waals surface area contributed by atoms with Gasteiger partial charge >= 0.3 is 0 Å². The summed E-state index contributed by atoms with van der Waals surface area (Å²) in [5.41, 5.74) is 4.03. The first-order chi connectivity index (χ1) is 17.5. The van der Waals surface area contributed by atoms with E-state index in [2.05, 4.69) is 61.6 Å². The van der Waals surface area contributed by atoms with Crippen molar-refractivity contribution in [3.8, 4) is 11.8 Å². The highest BCUT2D eigenvalue weighted by atomic mass is 32.1. The Labute approximate surface area is 215 Å². The molecule has 0 aliphatic heterocycles. The van der Waals surface area contributed by atoms with E-state index in [4.69, 9.17) is 9.15 Å². The maximum atomic E-state index is 12.8. The molecule has 0 radical (unpaired) electrons. The highest BCUT2D eigenvalue weighted by Gasteiger charge is 2.24. The number of thiophene rings is 1. The Bertz CT molecular complexity index is 1410. The van der Waals surface area contributed by atoms with E-state index in [1.54, 1.807) is 12.1 Å². The summed E-state index contributed by atoms with van der Waals surface area (Å²) in [5, 5.41) is 13.1. The second-order valence-electron chi connectivity index (χ2n) is 9.55. The summed E-state index contributed by atoms with van der Waals surface area (Å²) in [6.45, 7) is 4.63. The van der Waals surface area contributed by atoms with Crippen LogP contribution in [0.5, 0.6) is 5.75 Å². The number of nitrogens with zero attached hydrogens (tertiary/aromatic N) is 1. The molecule has 0 saturated carbocycles. The van der Waals surface area contributed by atoms with Gasteiger partial charge in [-0.2, -0.15) is 5.26 Å². The largest absolute Gasteiger partial charge is 0.486 e. The average Bonchev–Trinajstić information content (AvgIpc) is 3.52. The molecule has 6 heteroatoms. The van der Waals surface area contributed by atoms with Crippen LogP contribution in [0.2, 0.25) is 0 Å². The lowest BCUT2D eigenvalue weighted by molar-refractivity contribution is 0.0993. The average molecular weight is 497 g/mol. The minimum Gasteiger partial charge on any atom is -0.486 e. The third-order valence-corrected chi connectivity index (χ3v) is 8.06. The summed E-state index contributed by atoms with van der Waals surface area (Å²) < 4.78 is 11.6. The summed E-state index contributed by atoms with van der Waals surface area (Å²) in [5.74, 6) is 1.13. The van der Waals surface area contributed by atoms with Gasteiger partial charge in [-0.3, -0.25) is 4.79 Å². The topological polar surface area (TPSA) is 75.3 Å². The minimum atomic E-state index is -0.358. The standard InChI is InChI=1S/C30H28N2O3S/c1-30(2,20-8-4-3-5-9-20)21-12-14-22(15-13-21)34-19-23-16-17-26(35-23)28(33)32-29-25(18-31)24-10-6-7-11-27(24)36-29/h3-5,8-9,12-17H,6-7,10-11,19H2,1-2H3,(H,32,33). The number of rotatable bonds is 7. The number of amides is 1. The third kappa shape index (κ3) is 4.80. The highest BCUT2D eigenvalue weighted by Crippen LogP contribution is 2.38. The fourth-order valence-corrected chi connectivity index (χ4v) is 5.89. The first kappa shape index (κ1) is 23.9. The molecule has 0 bridgehead atoms. The monoisotopic (exact) mass is 496 g/mol. The molecule has 5 nitrogen and oxygen atoms in total. The van der Waals surface area contributed by atoms with Crippen LogP contribution >= 0.6 is 11.3 Å². The Balaban J connectivity index is 1.21. The smallest absolute Gasteiger partial charge is 0.292 e. The van der Waals surface area contributed by atoms with Crippen molar-refractivity contribution in [2.45, 2.75) is 51.6 Å². The van der Waals surface area contributed by atoms with Gasteiger partial charge in [0, 0.05) is 10.3 Å². The lowest BCUT2D eigenvalue weighted by atomic mass is 9.78. The number of aryl methyl sites for hydroxylation is 1. The van der Waals surface area contributed by atoms with Gasteiger partial charge in [0.2, 0.25) is 0 Å². The summed E-state index contributed by atoms with van der Waals surface area (Å²) in [7, 11) is 0. The second kappa shape index (κ2) is 10.0. The Morgan fingerprint density at radius 2 is 1.75 bits per heavy atom. The zero-order valence-corrected chi connectivity index (χ0v) is 21.3. The summed E-state index contributed by atoms with van der Waals surface area (Å²) in [4.78, 5) is 14.0. The van der Waals surface area contributed by atoms with Gasteiger partial charge < -0.3 is 14.5 Å². The van der Waals surface area contributed by atoms with Crippen LogP contribution in [0.4, 0.5) is 5.00 Å². The number of nitriles is 1. The number of hydrogen-bond donors (Lipinski definition) is 1. The number of anilines is 1. The van der Waals surface area contributed by atoms with Crippen molar-refractivity contribution >= 4 is 22.2 Å². The molecular weight excluding hydrogens is 468 g/mol. The molecule has 0 unspecified atom stereocenters. The van der Waals surface area contributed by atoms with Crippen LogP contribution in [0.1, 0.15) is 70.1 Å². The molecule has 0 spiro atoms. The van der Waals surface area contributed by atoms with Crippen molar-refractivity contribution in [3.05, 3.63) is 105 Å². The van der Waals surface area contributed by atoms with Crippen molar-refractivity contribution < 1.29 is 13.9 Å². The van der Waals surface area contributed by atoms with Gasteiger partial charge in [-0.25, -0.2) is 0 Å². The molecule has 182 valence electrons. The van der Waals surface area contributed by atoms with E-state index in [0.717, 1.165) is 37.0 Å². The number of nitrogens with one attached hydrogen (secondary N) is 1. The van der Waals surface area contributed by atoms with Crippen molar-refractivity contribution in [3.63, 3.8) is 0 Å². The van der Waals surface area contributed by atoms with Gasteiger partial charge in [0.15, 0.2) is 5.76 Å². The lowest BCUT2D eigenvalue weighted by Gasteiger charge is -2.26. The van der Waals surface area contributed by atoms with E-state index in [1.165, 1.54) is 27.3 Å². The predicted octanol–water partition coefficient (Wildman–Crippen LogP) is 7.25. The molecule has 0 fully saturated rings. The van der Waals surface area contributed by atoms with E-state index in [0.29, 0.717) is 16.3 Å². The van der Waals surface area contributed by atoms with Gasteiger partial charge in [-0.15, -0.1) is 11.3 Å². The molecule has 2 aromatic carbocycles. The van der Waals surface area contributed by atoms with Gasteiger partial charge in [0.1, 0.15) is 29.2 Å². The number of benzene rings is 2. The number of hydrogen-bond acceptors (Lipinski definition) is 5. The fourth-order valence-electron chi connectivity index (χ4n) is 4.66. The summed E-state index contributed by atoms with van der Waals surface area (Å²) >= 11 is 1.50. The maximum absolute atomic E-state index is 12.8. The lowest BCUT2D eigenvalue weighted by Crippen LogP contribution is -2.18. The van der Waals surface area contributed by atoms with Gasteiger partial charge in [-0.1, -0.05) is 56.3 Å². The van der Waals surface area contributed by atoms with Crippen LogP contribution in [0.25, 0.3) is 0 Å². The number of furan rings is 1. The number of ether oxygens (including phenoxy) is 1. The Morgan fingerprint density at radius 1 is 1.03 bits per heavy atom. The van der Waals surface area contributed by atoms with E-state index >= 15 is 0 Å². The molecule has 36 heavy (non-hydrogen) atoms.